The van der Waals surface area contributed by atoms with Gasteiger partial charge in [-0.15, -0.1) is 0 Å². The van der Waals surface area contributed by atoms with E-state index in [1.807, 2.05) is 26.8 Å². The number of benzene rings is 3. The van der Waals surface area contributed by atoms with Gasteiger partial charge in [-0.3, -0.25) is 13.9 Å². The lowest BCUT2D eigenvalue weighted by Crippen LogP contribution is -2.51. The van der Waals surface area contributed by atoms with Crippen molar-refractivity contribution < 1.29 is 18.0 Å². The number of carbonyl (C=O) groups excluding carboxylic acids is 2. The lowest BCUT2D eigenvalue weighted by atomic mass is 10.1. The molecular formula is C29H33Cl2N3O4S. The number of nitrogens with zero attached hydrogens (tertiary/aromatic N) is 2. The molecule has 0 heterocycles. The Morgan fingerprint density at radius 2 is 1.62 bits per heavy atom. The summed E-state index contributed by atoms with van der Waals surface area (Å²) in [6.07, 6.45) is 0.731. The third-order valence-electron chi connectivity index (χ3n) is 6.23. The van der Waals surface area contributed by atoms with Gasteiger partial charge in [-0.2, -0.15) is 0 Å². The van der Waals surface area contributed by atoms with E-state index < -0.39 is 28.5 Å². The number of aryl methyl sites for hydroxylation is 2. The van der Waals surface area contributed by atoms with Gasteiger partial charge in [0, 0.05) is 13.1 Å². The van der Waals surface area contributed by atoms with Crippen molar-refractivity contribution in [3.63, 3.8) is 0 Å². The van der Waals surface area contributed by atoms with Crippen molar-refractivity contribution in [2.24, 2.45) is 0 Å². The fourth-order valence-corrected chi connectivity index (χ4v) is 5.69. The number of anilines is 1. The molecule has 0 spiro atoms. The molecule has 1 unspecified atom stereocenters. The molecule has 0 radical (unpaired) electrons. The first-order chi connectivity index (χ1) is 18.4. The number of sulfonamides is 1. The van der Waals surface area contributed by atoms with Gasteiger partial charge in [0.1, 0.15) is 12.6 Å². The summed E-state index contributed by atoms with van der Waals surface area (Å²) in [5.74, 6) is -0.883. The van der Waals surface area contributed by atoms with Crippen LogP contribution in [0.25, 0.3) is 0 Å². The Labute approximate surface area is 240 Å². The average Bonchev–Trinajstić information content (AvgIpc) is 2.90. The third kappa shape index (κ3) is 7.75. The number of hydrogen-bond donors (Lipinski definition) is 1. The first-order valence-electron chi connectivity index (χ1n) is 12.6. The second kappa shape index (κ2) is 13.3. The molecule has 0 aliphatic heterocycles. The quantitative estimate of drug-likeness (QED) is 0.308. The van der Waals surface area contributed by atoms with E-state index in [1.165, 1.54) is 17.0 Å². The summed E-state index contributed by atoms with van der Waals surface area (Å²) in [5, 5.41) is 3.49. The molecule has 0 saturated carbocycles. The maximum absolute atomic E-state index is 13.9. The first kappa shape index (κ1) is 30.5. The Morgan fingerprint density at radius 3 is 2.23 bits per heavy atom. The molecule has 208 valence electrons. The number of amides is 2. The van der Waals surface area contributed by atoms with Gasteiger partial charge >= 0.3 is 0 Å². The minimum atomic E-state index is -4.11. The Balaban J connectivity index is 2.03. The van der Waals surface area contributed by atoms with Gasteiger partial charge in [0.05, 0.1) is 20.6 Å². The van der Waals surface area contributed by atoms with Crippen LogP contribution in [0.2, 0.25) is 10.0 Å². The predicted molar refractivity (Wildman–Crippen MR) is 157 cm³/mol. The Morgan fingerprint density at radius 1 is 0.923 bits per heavy atom. The number of halogens is 2. The zero-order valence-corrected chi connectivity index (χ0v) is 24.8. The van der Waals surface area contributed by atoms with Crippen molar-refractivity contribution in [2.75, 3.05) is 17.4 Å². The second-order valence-electron chi connectivity index (χ2n) is 9.40. The fraction of sp³-hybridized carbons (Fsp3) is 0.310. The van der Waals surface area contributed by atoms with E-state index in [0.29, 0.717) is 27.8 Å². The molecule has 2 amide bonds. The first-order valence-corrected chi connectivity index (χ1v) is 14.8. The standard InChI is InChI=1S/C29H33Cl2N3O4S/c1-5-15-32-29(36)22(4)33(18-23-11-14-26(30)27(31)17-23)28(35)19-34(24-8-6-7-21(3)16-24)39(37,38)25-12-9-20(2)10-13-25/h6-14,16-17,22H,5,15,18-19H2,1-4H3,(H,32,36). The monoisotopic (exact) mass is 589 g/mol. The molecule has 0 aromatic heterocycles. The molecule has 0 bridgehead atoms. The molecule has 0 aliphatic carbocycles. The number of rotatable bonds is 11. The average molecular weight is 591 g/mol. The maximum atomic E-state index is 13.9. The molecule has 10 heteroatoms. The Bertz CT molecular complexity index is 1430. The highest BCUT2D eigenvalue weighted by atomic mass is 35.5. The molecule has 1 atom stereocenters. The highest BCUT2D eigenvalue weighted by Crippen LogP contribution is 2.27. The van der Waals surface area contributed by atoms with E-state index in [2.05, 4.69) is 5.32 Å². The molecule has 0 aliphatic rings. The largest absolute Gasteiger partial charge is 0.354 e. The van der Waals surface area contributed by atoms with Gasteiger partial charge in [-0.25, -0.2) is 8.42 Å². The van der Waals surface area contributed by atoms with Gasteiger partial charge in [0.25, 0.3) is 10.0 Å². The van der Waals surface area contributed by atoms with Crippen LogP contribution in [0, 0.1) is 13.8 Å². The zero-order valence-electron chi connectivity index (χ0n) is 22.4. The summed E-state index contributed by atoms with van der Waals surface area (Å²) in [6.45, 7) is 7.23. The van der Waals surface area contributed by atoms with Gasteiger partial charge in [-0.05, 0) is 74.7 Å². The van der Waals surface area contributed by atoms with E-state index in [4.69, 9.17) is 23.2 Å². The summed E-state index contributed by atoms with van der Waals surface area (Å²) in [4.78, 5) is 28.2. The van der Waals surface area contributed by atoms with Gasteiger partial charge < -0.3 is 10.2 Å². The topological polar surface area (TPSA) is 86.8 Å². The van der Waals surface area contributed by atoms with Crippen LogP contribution in [-0.4, -0.2) is 44.3 Å². The smallest absolute Gasteiger partial charge is 0.264 e. The van der Waals surface area contributed by atoms with Crippen LogP contribution in [0.3, 0.4) is 0 Å². The molecule has 7 nitrogen and oxygen atoms in total. The zero-order chi connectivity index (χ0) is 28.7. The van der Waals surface area contributed by atoms with E-state index >= 15 is 0 Å². The lowest BCUT2D eigenvalue weighted by Gasteiger charge is -2.32. The second-order valence-corrected chi connectivity index (χ2v) is 12.1. The Hall–Kier alpha value is -3.07. The van der Waals surface area contributed by atoms with Crippen molar-refractivity contribution >= 4 is 50.7 Å². The fourth-order valence-electron chi connectivity index (χ4n) is 3.96. The normalized spacial score (nSPS) is 12.1. The van der Waals surface area contributed by atoms with E-state index in [9.17, 15) is 18.0 Å². The molecular weight excluding hydrogens is 557 g/mol. The van der Waals surface area contributed by atoms with Crippen LogP contribution in [0.15, 0.2) is 71.6 Å². The Kier molecular flexibility index (Phi) is 10.4. The van der Waals surface area contributed by atoms with Crippen molar-refractivity contribution in [3.8, 4) is 0 Å². The molecule has 3 aromatic rings. The lowest BCUT2D eigenvalue weighted by molar-refractivity contribution is -0.139. The van der Waals surface area contributed by atoms with Crippen LogP contribution >= 0.6 is 23.2 Å². The van der Waals surface area contributed by atoms with Crippen LogP contribution < -0.4 is 9.62 Å². The minimum absolute atomic E-state index is 0.0304. The molecule has 0 fully saturated rings. The third-order valence-corrected chi connectivity index (χ3v) is 8.76. The van der Waals surface area contributed by atoms with Crippen LogP contribution in [-0.2, 0) is 26.2 Å². The number of hydrogen-bond acceptors (Lipinski definition) is 4. The summed E-state index contributed by atoms with van der Waals surface area (Å²) in [5.41, 5.74) is 2.74. The summed E-state index contributed by atoms with van der Waals surface area (Å²) >= 11 is 12.3. The van der Waals surface area contributed by atoms with E-state index in [1.54, 1.807) is 55.5 Å². The van der Waals surface area contributed by atoms with E-state index in [-0.39, 0.29) is 17.3 Å². The number of nitrogens with one attached hydrogen (secondary N) is 1. The van der Waals surface area contributed by atoms with E-state index in [0.717, 1.165) is 21.9 Å². The van der Waals surface area contributed by atoms with Gasteiger partial charge in [0.2, 0.25) is 11.8 Å². The van der Waals surface area contributed by atoms with Crippen molar-refractivity contribution in [1.82, 2.24) is 10.2 Å². The molecule has 39 heavy (non-hydrogen) atoms. The van der Waals surface area contributed by atoms with Crippen molar-refractivity contribution in [2.45, 2.75) is 51.6 Å². The SMILES string of the molecule is CCCNC(=O)C(C)N(Cc1ccc(Cl)c(Cl)c1)C(=O)CN(c1cccc(C)c1)S(=O)(=O)c1ccc(C)cc1. The number of carbonyl (C=O) groups is 2. The molecule has 3 aromatic carbocycles. The molecule has 1 N–H and O–H groups in total. The summed E-state index contributed by atoms with van der Waals surface area (Å²) < 4.78 is 28.8. The van der Waals surface area contributed by atoms with Crippen LogP contribution in [0.5, 0.6) is 0 Å². The summed E-state index contributed by atoms with van der Waals surface area (Å²) in [6, 6.07) is 17.5. The van der Waals surface area contributed by atoms with Crippen LogP contribution in [0.4, 0.5) is 5.69 Å². The highest BCUT2D eigenvalue weighted by Gasteiger charge is 2.32. The van der Waals surface area contributed by atoms with Crippen molar-refractivity contribution in [3.05, 3.63) is 93.5 Å². The minimum Gasteiger partial charge on any atom is -0.354 e. The highest BCUT2D eigenvalue weighted by molar-refractivity contribution is 7.92. The maximum Gasteiger partial charge on any atom is 0.264 e. The summed E-state index contributed by atoms with van der Waals surface area (Å²) in [7, 11) is -4.11. The van der Waals surface area contributed by atoms with Crippen LogP contribution in [0.1, 0.15) is 37.0 Å². The molecule has 3 rings (SSSR count). The van der Waals surface area contributed by atoms with Gasteiger partial charge in [0.15, 0.2) is 0 Å². The molecule has 0 saturated heterocycles. The predicted octanol–water partition coefficient (Wildman–Crippen LogP) is 5.75. The van der Waals surface area contributed by atoms with Crippen molar-refractivity contribution in [1.29, 1.82) is 0 Å². The van der Waals surface area contributed by atoms with Gasteiger partial charge in [-0.1, -0.05) is 66.0 Å².